The molecule has 0 aliphatic heterocycles. The van der Waals surface area contributed by atoms with Crippen LogP contribution in [0.3, 0.4) is 0 Å². The lowest BCUT2D eigenvalue weighted by Gasteiger charge is -2.13. The summed E-state index contributed by atoms with van der Waals surface area (Å²) in [5.41, 5.74) is 8.53. The van der Waals surface area contributed by atoms with Crippen LogP contribution in [0.1, 0.15) is 48.2 Å². The largest absolute Gasteiger partial charge is 0.466 e. The van der Waals surface area contributed by atoms with Gasteiger partial charge in [0.2, 0.25) is 5.91 Å². The number of aromatic nitrogens is 3. The molecule has 0 saturated carbocycles. The van der Waals surface area contributed by atoms with Gasteiger partial charge in [-0.2, -0.15) is 5.10 Å². The minimum absolute atomic E-state index is 0.0747. The summed E-state index contributed by atoms with van der Waals surface area (Å²) in [6, 6.07) is 11.3. The third kappa shape index (κ3) is 4.84. The lowest BCUT2D eigenvalue weighted by atomic mass is 10.1. The van der Waals surface area contributed by atoms with Crippen LogP contribution in [0.25, 0.3) is 22.3 Å². The zero-order valence-electron chi connectivity index (χ0n) is 19.6. The van der Waals surface area contributed by atoms with Crippen molar-refractivity contribution in [3.63, 3.8) is 0 Å². The van der Waals surface area contributed by atoms with Crippen LogP contribution in [-0.4, -0.2) is 32.3 Å². The Morgan fingerprint density at radius 1 is 1.21 bits per heavy atom. The second-order valence-electron chi connectivity index (χ2n) is 8.32. The van der Waals surface area contributed by atoms with Gasteiger partial charge >= 0.3 is 0 Å². The standard InChI is InChI=1S/C25H27N5O3S/c1-14(2)30-24-19(13-27-30)18(12-21(28-24)17-11-15(3)33-16(17)4)25(32)29-20-7-5-6-8-22(20)34-10-9-23(26)31/h5-8,11-14H,9-10H2,1-4H3,(H2,26,31)(H,29,32). The van der Waals surface area contributed by atoms with E-state index in [4.69, 9.17) is 15.1 Å². The summed E-state index contributed by atoms with van der Waals surface area (Å²) in [7, 11) is 0. The van der Waals surface area contributed by atoms with Crippen LogP contribution in [-0.2, 0) is 4.79 Å². The van der Waals surface area contributed by atoms with Crippen molar-refractivity contribution in [1.82, 2.24) is 14.8 Å². The fraction of sp³-hybridized carbons (Fsp3) is 0.280. The van der Waals surface area contributed by atoms with Crippen LogP contribution in [0, 0.1) is 13.8 Å². The number of pyridine rings is 1. The van der Waals surface area contributed by atoms with E-state index >= 15 is 0 Å². The molecule has 0 bridgehead atoms. The third-order valence-corrected chi connectivity index (χ3v) is 6.43. The van der Waals surface area contributed by atoms with Crippen molar-refractivity contribution >= 4 is 40.3 Å². The van der Waals surface area contributed by atoms with Gasteiger partial charge in [0.25, 0.3) is 5.91 Å². The first-order valence-electron chi connectivity index (χ1n) is 11.0. The molecular formula is C25H27N5O3S. The molecular weight excluding hydrogens is 450 g/mol. The maximum atomic E-state index is 13.5. The van der Waals surface area contributed by atoms with Crippen LogP contribution in [0.5, 0.6) is 0 Å². The van der Waals surface area contributed by atoms with E-state index < -0.39 is 0 Å². The molecule has 0 unspecified atom stereocenters. The number of anilines is 1. The molecule has 176 valence electrons. The lowest BCUT2D eigenvalue weighted by Crippen LogP contribution is -2.14. The number of hydrogen-bond acceptors (Lipinski definition) is 6. The predicted molar refractivity (Wildman–Crippen MR) is 134 cm³/mol. The fourth-order valence-corrected chi connectivity index (χ4v) is 4.73. The second-order valence-corrected chi connectivity index (χ2v) is 9.45. The van der Waals surface area contributed by atoms with Gasteiger partial charge in [-0.1, -0.05) is 12.1 Å². The molecule has 0 atom stereocenters. The number of amides is 2. The van der Waals surface area contributed by atoms with Gasteiger partial charge in [0.1, 0.15) is 11.5 Å². The highest BCUT2D eigenvalue weighted by atomic mass is 32.2. The van der Waals surface area contributed by atoms with Gasteiger partial charge in [0.05, 0.1) is 28.5 Å². The summed E-state index contributed by atoms with van der Waals surface area (Å²) >= 11 is 1.47. The Labute approximate surface area is 201 Å². The molecule has 1 aromatic carbocycles. The number of aryl methyl sites for hydroxylation is 2. The summed E-state index contributed by atoms with van der Waals surface area (Å²) in [5.74, 6) is 1.43. The maximum absolute atomic E-state index is 13.5. The van der Waals surface area contributed by atoms with Gasteiger partial charge < -0.3 is 15.5 Å². The SMILES string of the molecule is Cc1cc(-c2cc(C(=O)Nc3ccccc3SCCC(N)=O)c3cnn(C(C)C)c3n2)c(C)o1. The molecule has 0 saturated heterocycles. The lowest BCUT2D eigenvalue weighted by molar-refractivity contribution is -0.117. The first kappa shape index (κ1) is 23.6. The number of primary amides is 1. The number of nitrogens with zero attached hydrogens (tertiary/aromatic N) is 3. The number of carbonyl (C=O) groups is 2. The summed E-state index contributed by atoms with van der Waals surface area (Å²) in [6.07, 6.45) is 1.95. The molecule has 0 spiro atoms. The Bertz CT molecular complexity index is 1370. The van der Waals surface area contributed by atoms with Crippen molar-refractivity contribution in [3.05, 3.63) is 59.7 Å². The summed E-state index contributed by atoms with van der Waals surface area (Å²) in [6.45, 7) is 7.81. The van der Waals surface area contributed by atoms with E-state index in [9.17, 15) is 9.59 Å². The Morgan fingerprint density at radius 2 is 1.97 bits per heavy atom. The van der Waals surface area contributed by atoms with E-state index in [-0.39, 0.29) is 24.3 Å². The second kappa shape index (κ2) is 9.72. The van der Waals surface area contributed by atoms with Crippen molar-refractivity contribution in [2.75, 3.05) is 11.1 Å². The predicted octanol–water partition coefficient (Wildman–Crippen LogP) is 5.11. The minimum Gasteiger partial charge on any atom is -0.466 e. The molecule has 34 heavy (non-hydrogen) atoms. The Kier molecular flexibility index (Phi) is 6.74. The highest BCUT2D eigenvalue weighted by molar-refractivity contribution is 7.99. The van der Waals surface area contributed by atoms with E-state index in [1.54, 1.807) is 12.3 Å². The van der Waals surface area contributed by atoms with Crippen LogP contribution in [0.15, 0.2) is 51.9 Å². The molecule has 3 aromatic heterocycles. The van der Waals surface area contributed by atoms with Gasteiger partial charge in [0.15, 0.2) is 5.65 Å². The number of rotatable bonds is 8. The Balaban J connectivity index is 1.75. The average molecular weight is 478 g/mol. The number of nitrogens with two attached hydrogens (primary N) is 1. The molecule has 3 heterocycles. The zero-order valence-corrected chi connectivity index (χ0v) is 20.4. The van der Waals surface area contributed by atoms with Gasteiger partial charge in [-0.25, -0.2) is 9.67 Å². The zero-order chi connectivity index (χ0) is 24.4. The summed E-state index contributed by atoms with van der Waals surface area (Å²) in [5, 5.41) is 8.19. The normalized spacial score (nSPS) is 11.3. The topological polar surface area (TPSA) is 116 Å². The molecule has 0 aliphatic rings. The fourth-order valence-electron chi connectivity index (χ4n) is 3.75. The Hall–Kier alpha value is -3.59. The number of benzene rings is 1. The highest BCUT2D eigenvalue weighted by Gasteiger charge is 2.21. The third-order valence-electron chi connectivity index (χ3n) is 5.36. The Morgan fingerprint density at radius 3 is 2.65 bits per heavy atom. The number of para-hydroxylation sites is 1. The van der Waals surface area contributed by atoms with Gasteiger partial charge in [-0.15, -0.1) is 11.8 Å². The van der Waals surface area contributed by atoms with E-state index in [1.165, 1.54) is 11.8 Å². The van der Waals surface area contributed by atoms with Crippen LogP contribution in [0.2, 0.25) is 0 Å². The molecule has 8 nitrogen and oxygen atoms in total. The van der Waals surface area contributed by atoms with Gasteiger partial charge in [0, 0.05) is 28.7 Å². The van der Waals surface area contributed by atoms with Gasteiger partial charge in [-0.3, -0.25) is 9.59 Å². The van der Waals surface area contributed by atoms with Crippen molar-refractivity contribution < 1.29 is 14.0 Å². The monoisotopic (exact) mass is 477 g/mol. The molecule has 9 heteroatoms. The summed E-state index contributed by atoms with van der Waals surface area (Å²) in [4.78, 5) is 30.3. The van der Waals surface area contributed by atoms with E-state index in [0.29, 0.717) is 33.7 Å². The van der Waals surface area contributed by atoms with E-state index in [1.807, 2.05) is 62.7 Å². The number of thioether (sulfide) groups is 1. The highest BCUT2D eigenvalue weighted by Crippen LogP contribution is 2.32. The van der Waals surface area contributed by atoms with Crippen LogP contribution in [0.4, 0.5) is 5.69 Å². The molecule has 2 amide bonds. The average Bonchev–Trinajstić information content (AvgIpc) is 3.36. The van der Waals surface area contributed by atoms with Crippen molar-refractivity contribution in [3.8, 4) is 11.3 Å². The van der Waals surface area contributed by atoms with E-state index in [0.717, 1.165) is 22.0 Å². The number of hydrogen-bond donors (Lipinski definition) is 2. The van der Waals surface area contributed by atoms with Crippen molar-refractivity contribution in [2.45, 2.75) is 45.1 Å². The minimum atomic E-state index is -0.354. The number of furan rings is 1. The first-order chi connectivity index (χ1) is 16.2. The molecule has 4 aromatic rings. The van der Waals surface area contributed by atoms with Gasteiger partial charge in [-0.05, 0) is 52.0 Å². The quantitative estimate of drug-likeness (QED) is 0.341. The van der Waals surface area contributed by atoms with Crippen molar-refractivity contribution in [2.24, 2.45) is 5.73 Å². The number of nitrogens with one attached hydrogen (secondary N) is 1. The molecule has 3 N–H and O–H groups in total. The smallest absolute Gasteiger partial charge is 0.256 e. The number of carbonyl (C=O) groups excluding carboxylic acids is 2. The van der Waals surface area contributed by atoms with Crippen LogP contribution >= 0.6 is 11.8 Å². The number of fused-ring (bicyclic) bond motifs is 1. The molecule has 0 fully saturated rings. The first-order valence-corrected chi connectivity index (χ1v) is 12.0. The van der Waals surface area contributed by atoms with Crippen molar-refractivity contribution in [1.29, 1.82) is 0 Å². The van der Waals surface area contributed by atoms with E-state index in [2.05, 4.69) is 10.4 Å². The maximum Gasteiger partial charge on any atom is 0.256 e. The molecule has 0 radical (unpaired) electrons. The summed E-state index contributed by atoms with van der Waals surface area (Å²) < 4.78 is 7.52. The molecule has 0 aliphatic carbocycles. The van der Waals surface area contributed by atoms with Crippen LogP contribution < -0.4 is 11.1 Å². The molecule has 4 rings (SSSR count).